The van der Waals surface area contributed by atoms with Gasteiger partial charge < -0.3 is 20.1 Å². The molecule has 144 valence electrons. The smallest absolute Gasteiger partial charge is 0.313 e. The lowest BCUT2D eigenvalue weighted by molar-refractivity contribution is -0.136. The maximum absolute atomic E-state index is 12.0. The van der Waals surface area contributed by atoms with Gasteiger partial charge in [-0.2, -0.15) is 0 Å². The Morgan fingerprint density at radius 2 is 1.61 bits per heavy atom. The molecule has 6 heteroatoms. The fraction of sp³-hybridized carbons (Fsp3) is 0.182. The average molecular weight is 378 g/mol. The lowest BCUT2D eigenvalue weighted by atomic mass is 10.1. The Morgan fingerprint density at radius 3 is 2.39 bits per heavy atom. The third-order valence-electron chi connectivity index (χ3n) is 4.02. The molecule has 0 aromatic heterocycles. The molecule has 0 bridgehead atoms. The monoisotopic (exact) mass is 378 g/mol. The molecule has 0 heterocycles. The van der Waals surface area contributed by atoms with Crippen molar-refractivity contribution in [3.05, 3.63) is 66.7 Å². The molecule has 3 aromatic carbocycles. The van der Waals surface area contributed by atoms with Crippen molar-refractivity contribution in [2.75, 3.05) is 25.1 Å². The fourth-order valence-corrected chi connectivity index (χ4v) is 2.72. The van der Waals surface area contributed by atoms with Gasteiger partial charge in [-0.05, 0) is 42.6 Å². The number of amides is 2. The Labute approximate surface area is 163 Å². The van der Waals surface area contributed by atoms with Gasteiger partial charge in [0.25, 0.3) is 0 Å². The number of carbonyl (C=O) groups is 2. The maximum Gasteiger partial charge on any atom is 0.313 e. The summed E-state index contributed by atoms with van der Waals surface area (Å²) in [7, 11) is 0. The first-order valence-corrected chi connectivity index (χ1v) is 9.10. The summed E-state index contributed by atoms with van der Waals surface area (Å²) >= 11 is 0. The Morgan fingerprint density at radius 1 is 0.857 bits per heavy atom. The van der Waals surface area contributed by atoms with Gasteiger partial charge in [-0.1, -0.05) is 36.4 Å². The van der Waals surface area contributed by atoms with Crippen molar-refractivity contribution in [1.29, 1.82) is 0 Å². The summed E-state index contributed by atoms with van der Waals surface area (Å²) in [5.74, 6) is 0.00597. The Bertz CT molecular complexity index is 949. The zero-order valence-corrected chi connectivity index (χ0v) is 15.6. The second-order valence-electron chi connectivity index (χ2n) is 5.99. The molecule has 0 saturated heterocycles. The Balaban J connectivity index is 1.45. The minimum atomic E-state index is -0.727. The number of hydrogen-bond acceptors (Lipinski definition) is 4. The molecule has 3 rings (SSSR count). The van der Waals surface area contributed by atoms with E-state index in [4.69, 9.17) is 9.47 Å². The number of carbonyl (C=O) groups excluding carboxylic acids is 2. The van der Waals surface area contributed by atoms with E-state index < -0.39 is 11.8 Å². The van der Waals surface area contributed by atoms with E-state index in [-0.39, 0.29) is 13.2 Å². The molecule has 0 saturated carbocycles. The van der Waals surface area contributed by atoms with E-state index in [1.165, 1.54) is 0 Å². The summed E-state index contributed by atoms with van der Waals surface area (Å²) in [6.45, 7) is 2.94. The highest BCUT2D eigenvalue weighted by Gasteiger charge is 2.13. The van der Waals surface area contributed by atoms with Crippen molar-refractivity contribution in [3.63, 3.8) is 0 Å². The molecule has 0 fully saturated rings. The highest BCUT2D eigenvalue weighted by molar-refractivity contribution is 6.39. The van der Waals surface area contributed by atoms with Crippen molar-refractivity contribution >= 4 is 28.3 Å². The van der Waals surface area contributed by atoms with Gasteiger partial charge >= 0.3 is 11.8 Å². The molecule has 2 N–H and O–H groups in total. The van der Waals surface area contributed by atoms with Crippen molar-refractivity contribution in [2.24, 2.45) is 0 Å². The van der Waals surface area contributed by atoms with Crippen molar-refractivity contribution in [2.45, 2.75) is 6.92 Å². The molecule has 28 heavy (non-hydrogen) atoms. The zero-order valence-electron chi connectivity index (χ0n) is 15.6. The summed E-state index contributed by atoms with van der Waals surface area (Å²) in [4.78, 5) is 23.9. The van der Waals surface area contributed by atoms with Crippen LogP contribution in [0, 0.1) is 0 Å². The lowest BCUT2D eigenvalue weighted by Crippen LogP contribution is -2.37. The van der Waals surface area contributed by atoms with Crippen molar-refractivity contribution in [1.82, 2.24) is 5.32 Å². The summed E-state index contributed by atoms with van der Waals surface area (Å²) < 4.78 is 11.1. The van der Waals surface area contributed by atoms with Crippen molar-refractivity contribution in [3.8, 4) is 11.5 Å². The van der Waals surface area contributed by atoms with Crippen LogP contribution >= 0.6 is 0 Å². The largest absolute Gasteiger partial charge is 0.494 e. The van der Waals surface area contributed by atoms with Crippen LogP contribution in [0.4, 0.5) is 5.69 Å². The number of hydrogen-bond donors (Lipinski definition) is 2. The van der Waals surface area contributed by atoms with Gasteiger partial charge in [0, 0.05) is 11.1 Å². The van der Waals surface area contributed by atoms with E-state index in [0.717, 1.165) is 16.5 Å². The molecule has 0 aliphatic carbocycles. The third-order valence-corrected chi connectivity index (χ3v) is 4.02. The van der Waals surface area contributed by atoms with E-state index in [2.05, 4.69) is 10.6 Å². The summed E-state index contributed by atoms with van der Waals surface area (Å²) in [6, 6.07) is 20.5. The van der Waals surface area contributed by atoms with E-state index in [1.54, 1.807) is 24.3 Å². The number of anilines is 1. The molecule has 3 aromatic rings. The molecule has 6 nitrogen and oxygen atoms in total. The predicted molar refractivity (Wildman–Crippen MR) is 109 cm³/mol. The van der Waals surface area contributed by atoms with Gasteiger partial charge in [0.2, 0.25) is 0 Å². The quantitative estimate of drug-likeness (QED) is 0.488. The van der Waals surface area contributed by atoms with Gasteiger partial charge in [0.1, 0.15) is 18.1 Å². The molecule has 0 spiro atoms. The van der Waals surface area contributed by atoms with Gasteiger partial charge in [-0.15, -0.1) is 0 Å². The van der Waals surface area contributed by atoms with Crippen LogP contribution in [0.3, 0.4) is 0 Å². The Kier molecular flexibility index (Phi) is 6.46. The van der Waals surface area contributed by atoms with E-state index in [0.29, 0.717) is 18.0 Å². The normalized spacial score (nSPS) is 10.3. The zero-order chi connectivity index (χ0) is 19.8. The molecule has 0 unspecified atom stereocenters. The molecule has 0 aliphatic heterocycles. The van der Waals surface area contributed by atoms with Gasteiger partial charge in [-0.25, -0.2) is 0 Å². The van der Waals surface area contributed by atoms with Crippen LogP contribution in [0.2, 0.25) is 0 Å². The summed E-state index contributed by atoms with van der Waals surface area (Å²) in [6.07, 6.45) is 0. The minimum Gasteiger partial charge on any atom is -0.494 e. The van der Waals surface area contributed by atoms with E-state index in [9.17, 15) is 9.59 Å². The minimum absolute atomic E-state index is 0.221. The molecule has 0 atom stereocenters. The summed E-state index contributed by atoms with van der Waals surface area (Å²) in [5, 5.41) is 7.18. The molecule has 0 aliphatic rings. The number of ether oxygens (including phenoxy) is 2. The highest BCUT2D eigenvalue weighted by atomic mass is 16.5. The predicted octanol–water partition coefficient (Wildman–Crippen LogP) is 3.37. The summed E-state index contributed by atoms with van der Waals surface area (Å²) in [5.41, 5.74) is 0.524. The third kappa shape index (κ3) is 5.01. The van der Waals surface area contributed by atoms with Crippen LogP contribution in [-0.2, 0) is 9.59 Å². The Hall–Kier alpha value is -3.54. The van der Waals surface area contributed by atoms with Gasteiger partial charge in [0.05, 0.1) is 13.2 Å². The molecule has 0 radical (unpaired) electrons. The van der Waals surface area contributed by atoms with Gasteiger partial charge in [0.15, 0.2) is 0 Å². The van der Waals surface area contributed by atoms with Crippen LogP contribution in [-0.4, -0.2) is 31.6 Å². The van der Waals surface area contributed by atoms with Crippen LogP contribution in [0.1, 0.15) is 6.92 Å². The second-order valence-corrected chi connectivity index (χ2v) is 5.99. The topological polar surface area (TPSA) is 76.7 Å². The van der Waals surface area contributed by atoms with Crippen molar-refractivity contribution < 1.29 is 19.1 Å². The molecule has 2 amide bonds. The standard InChI is InChI=1S/C22H22N2O4/c1-2-27-18-12-10-17(11-13-18)24-22(26)21(25)23-14-15-28-20-9-5-7-16-6-3-4-8-19(16)20/h3-13H,2,14-15H2,1H3,(H,23,25)(H,24,26). The first-order valence-electron chi connectivity index (χ1n) is 9.10. The number of nitrogens with one attached hydrogen (secondary N) is 2. The maximum atomic E-state index is 12.0. The fourth-order valence-electron chi connectivity index (χ4n) is 2.72. The number of rotatable bonds is 7. The number of fused-ring (bicyclic) bond motifs is 1. The first-order chi connectivity index (χ1) is 13.7. The highest BCUT2D eigenvalue weighted by Crippen LogP contribution is 2.24. The van der Waals surface area contributed by atoms with Gasteiger partial charge in [-0.3, -0.25) is 9.59 Å². The van der Waals surface area contributed by atoms with E-state index in [1.807, 2.05) is 49.4 Å². The average Bonchev–Trinajstić information content (AvgIpc) is 2.72. The van der Waals surface area contributed by atoms with E-state index >= 15 is 0 Å². The van der Waals surface area contributed by atoms with Crippen LogP contribution < -0.4 is 20.1 Å². The molecular weight excluding hydrogens is 356 g/mol. The second kappa shape index (κ2) is 9.41. The van der Waals surface area contributed by atoms with Crippen LogP contribution in [0.5, 0.6) is 11.5 Å². The molecular formula is C22H22N2O4. The van der Waals surface area contributed by atoms with Crippen LogP contribution in [0.15, 0.2) is 66.7 Å². The SMILES string of the molecule is CCOc1ccc(NC(=O)C(=O)NCCOc2cccc3ccccc23)cc1. The number of benzene rings is 3. The van der Waals surface area contributed by atoms with Crippen LogP contribution in [0.25, 0.3) is 10.8 Å². The lowest BCUT2D eigenvalue weighted by Gasteiger charge is -2.10. The first kappa shape index (κ1) is 19.2.